The van der Waals surface area contributed by atoms with E-state index in [9.17, 15) is 27.6 Å². The van der Waals surface area contributed by atoms with Crippen molar-refractivity contribution >= 4 is 64.6 Å². The number of carboxylic acids is 1. The number of halogens is 4. The lowest BCUT2D eigenvalue weighted by Crippen LogP contribution is -2.33. The second-order valence-corrected chi connectivity index (χ2v) is 9.17. The standard InChI is InChI=1S/C23H19F3N2O6S2.ClH/c1-33-21(32)16(27)9-12-2-5-14(6-3-12)34-17-7-4-13(8-15(17)23(24,25)26)10-18-20(31)28(11-19(29)30)22(35)36-18;/h2-8,10,16H,9,11,27H2,1H3,(H,29,30);1H/b18-10-;/t16-;/m0./s1. The van der Waals surface area contributed by atoms with Gasteiger partial charge in [0.25, 0.3) is 5.91 Å². The van der Waals surface area contributed by atoms with Gasteiger partial charge in [-0.25, -0.2) is 0 Å². The van der Waals surface area contributed by atoms with E-state index < -0.39 is 47.9 Å². The quantitative estimate of drug-likeness (QED) is 0.270. The number of hydrogen-bond acceptors (Lipinski definition) is 8. The van der Waals surface area contributed by atoms with E-state index in [0.717, 1.165) is 28.8 Å². The molecule has 1 aliphatic heterocycles. The van der Waals surface area contributed by atoms with E-state index in [1.807, 2.05) is 0 Å². The Kier molecular flexibility index (Phi) is 10.1. The minimum Gasteiger partial charge on any atom is -0.480 e. The molecule has 0 spiro atoms. The molecule has 0 unspecified atom stereocenters. The van der Waals surface area contributed by atoms with E-state index in [-0.39, 0.29) is 39.4 Å². The Hall–Kier alpha value is -3.13. The second-order valence-electron chi connectivity index (χ2n) is 7.49. The zero-order chi connectivity index (χ0) is 26.6. The number of carbonyl (C=O) groups is 3. The lowest BCUT2D eigenvalue weighted by molar-refractivity contribution is -0.142. The number of thioether (sulfide) groups is 1. The Labute approximate surface area is 225 Å². The van der Waals surface area contributed by atoms with Crippen LogP contribution in [0.4, 0.5) is 13.2 Å². The fourth-order valence-electron chi connectivity index (χ4n) is 3.18. The third-order valence-corrected chi connectivity index (χ3v) is 6.26. The Morgan fingerprint density at radius 2 is 1.86 bits per heavy atom. The van der Waals surface area contributed by atoms with Gasteiger partial charge in [0.1, 0.15) is 28.4 Å². The molecule has 2 aromatic rings. The van der Waals surface area contributed by atoms with Gasteiger partial charge in [0.05, 0.1) is 17.6 Å². The predicted molar refractivity (Wildman–Crippen MR) is 136 cm³/mol. The van der Waals surface area contributed by atoms with E-state index in [1.54, 1.807) is 12.1 Å². The molecule has 0 aromatic heterocycles. The number of alkyl halides is 3. The van der Waals surface area contributed by atoms with Crippen molar-refractivity contribution < 1.29 is 42.1 Å². The largest absolute Gasteiger partial charge is 0.480 e. The maximum Gasteiger partial charge on any atom is 0.420 e. The van der Waals surface area contributed by atoms with Gasteiger partial charge in [0.15, 0.2) is 0 Å². The van der Waals surface area contributed by atoms with E-state index in [2.05, 4.69) is 4.74 Å². The molecular formula is C23H20ClF3N2O6S2. The van der Waals surface area contributed by atoms with E-state index in [0.29, 0.717) is 5.56 Å². The molecule has 1 saturated heterocycles. The van der Waals surface area contributed by atoms with Crippen LogP contribution in [0.25, 0.3) is 6.08 Å². The summed E-state index contributed by atoms with van der Waals surface area (Å²) >= 11 is 5.80. The smallest absolute Gasteiger partial charge is 0.420 e. The lowest BCUT2D eigenvalue weighted by Gasteiger charge is -2.15. The fourth-order valence-corrected chi connectivity index (χ4v) is 4.44. The third-order valence-electron chi connectivity index (χ3n) is 4.88. The summed E-state index contributed by atoms with van der Waals surface area (Å²) in [5, 5.41) is 8.90. The number of thiocarbonyl (C=S) groups is 1. The van der Waals surface area contributed by atoms with Gasteiger partial charge in [-0.05, 0) is 47.9 Å². The van der Waals surface area contributed by atoms with Gasteiger partial charge in [0.2, 0.25) is 0 Å². The number of nitrogens with two attached hydrogens (primary N) is 1. The number of esters is 1. The summed E-state index contributed by atoms with van der Waals surface area (Å²) < 4.78 is 51.4. The first-order valence-electron chi connectivity index (χ1n) is 10.2. The highest BCUT2D eigenvalue weighted by Crippen LogP contribution is 2.40. The average molecular weight is 577 g/mol. The van der Waals surface area contributed by atoms with Crippen LogP contribution in [-0.2, 0) is 31.7 Å². The van der Waals surface area contributed by atoms with Crippen LogP contribution in [0.3, 0.4) is 0 Å². The van der Waals surface area contributed by atoms with Crippen molar-refractivity contribution in [2.24, 2.45) is 5.73 Å². The number of methoxy groups -OCH3 is 1. The Morgan fingerprint density at radius 3 is 2.43 bits per heavy atom. The summed E-state index contributed by atoms with van der Waals surface area (Å²) in [6.07, 6.45) is -3.39. The Bertz CT molecular complexity index is 1240. The minimum absolute atomic E-state index is 0. The monoisotopic (exact) mass is 576 g/mol. The molecule has 1 amide bonds. The summed E-state index contributed by atoms with van der Waals surface area (Å²) in [6, 6.07) is 8.42. The van der Waals surface area contributed by atoms with Crippen LogP contribution in [0.15, 0.2) is 47.4 Å². The first-order chi connectivity index (χ1) is 16.9. The molecule has 1 aliphatic rings. The second kappa shape index (κ2) is 12.4. The van der Waals surface area contributed by atoms with Gasteiger partial charge in [-0.1, -0.05) is 42.2 Å². The summed E-state index contributed by atoms with van der Waals surface area (Å²) in [5.41, 5.74) is 5.35. The molecular weight excluding hydrogens is 557 g/mol. The number of carboxylic acid groups (broad SMARTS) is 1. The number of amides is 1. The number of benzene rings is 2. The van der Waals surface area contributed by atoms with Crippen LogP contribution < -0.4 is 10.5 Å². The van der Waals surface area contributed by atoms with Crippen LogP contribution in [0.2, 0.25) is 0 Å². The van der Waals surface area contributed by atoms with Crippen molar-refractivity contribution in [2.45, 2.75) is 18.6 Å². The highest BCUT2D eigenvalue weighted by Gasteiger charge is 2.36. The van der Waals surface area contributed by atoms with Gasteiger partial charge >= 0.3 is 18.1 Å². The SMILES string of the molecule is COC(=O)[C@@H](N)Cc1ccc(Oc2ccc(/C=C3\SC(=S)N(CC(=O)O)C3=O)cc2C(F)(F)F)cc1.Cl. The fraction of sp³-hybridized carbons (Fsp3) is 0.217. The lowest BCUT2D eigenvalue weighted by atomic mass is 10.1. The van der Waals surface area contributed by atoms with Crippen molar-refractivity contribution in [3.63, 3.8) is 0 Å². The normalized spacial score (nSPS) is 15.4. The molecule has 0 aliphatic carbocycles. The van der Waals surface area contributed by atoms with Crippen LogP contribution in [0, 0.1) is 0 Å². The van der Waals surface area contributed by atoms with Crippen molar-refractivity contribution in [2.75, 3.05) is 13.7 Å². The maximum atomic E-state index is 13.8. The topological polar surface area (TPSA) is 119 Å². The first kappa shape index (κ1) is 30.1. The molecule has 0 radical (unpaired) electrons. The number of carbonyl (C=O) groups excluding carboxylic acids is 2. The highest BCUT2D eigenvalue weighted by molar-refractivity contribution is 8.26. The van der Waals surface area contributed by atoms with Crippen molar-refractivity contribution in [3.05, 3.63) is 64.1 Å². The minimum atomic E-state index is -4.77. The molecule has 14 heteroatoms. The predicted octanol–water partition coefficient (Wildman–Crippen LogP) is 4.25. The first-order valence-corrected chi connectivity index (χ1v) is 11.4. The highest BCUT2D eigenvalue weighted by atomic mass is 35.5. The van der Waals surface area contributed by atoms with Crippen LogP contribution in [0.5, 0.6) is 11.5 Å². The van der Waals surface area contributed by atoms with Crippen LogP contribution in [0.1, 0.15) is 16.7 Å². The molecule has 1 atom stereocenters. The van der Waals surface area contributed by atoms with Crippen LogP contribution in [-0.4, -0.2) is 51.9 Å². The Balaban J connectivity index is 0.00000481. The molecule has 0 saturated carbocycles. The van der Waals surface area contributed by atoms with Gasteiger partial charge in [-0.2, -0.15) is 13.2 Å². The molecule has 3 rings (SSSR count). The Morgan fingerprint density at radius 1 is 1.22 bits per heavy atom. The summed E-state index contributed by atoms with van der Waals surface area (Å²) in [4.78, 5) is 35.6. The van der Waals surface area contributed by atoms with E-state index in [4.69, 9.17) is 27.8 Å². The number of ether oxygens (including phenoxy) is 2. The summed E-state index contributed by atoms with van der Waals surface area (Å²) in [5.74, 6) is -2.90. The van der Waals surface area contributed by atoms with Crippen molar-refractivity contribution in [1.29, 1.82) is 0 Å². The van der Waals surface area contributed by atoms with Crippen molar-refractivity contribution in [1.82, 2.24) is 4.90 Å². The number of rotatable bonds is 8. The maximum absolute atomic E-state index is 13.8. The molecule has 1 fully saturated rings. The summed E-state index contributed by atoms with van der Waals surface area (Å²) in [7, 11) is 1.21. The summed E-state index contributed by atoms with van der Waals surface area (Å²) in [6.45, 7) is -0.643. The molecule has 2 aromatic carbocycles. The zero-order valence-electron chi connectivity index (χ0n) is 19.0. The number of aliphatic carboxylic acids is 1. The molecule has 37 heavy (non-hydrogen) atoms. The zero-order valence-corrected chi connectivity index (χ0v) is 21.4. The van der Waals surface area contributed by atoms with Crippen LogP contribution >= 0.6 is 36.4 Å². The molecule has 3 N–H and O–H groups in total. The van der Waals surface area contributed by atoms with E-state index in [1.165, 1.54) is 31.4 Å². The molecule has 8 nitrogen and oxygen atoms in total. The van der Waals surface area contributed by atoms with Gasteiger partial charge in [-0.15, -0.1) is 12.4 Å². The van der Waals surface area contributed by atoms with E-state index >= 15 is 0 Å². The third kappa shape index (κ3) is 7.68. The molecule has 0 bridgehead atoms. The average Bonchev–Trinajstić information content (AvgIpc) is 3.06. The van der Waals surface area contributed by atoms with Crippen molar-refractivity contribution in [3.8, 4) is 11.5 Å². The van der Waals surface area contributed by atoms with Gasteiger partial charge in [-0.3, -0.25) is 19.3 Å². The van der Waals surface area contributed by atoms with Gasteiger partial charge in [0, 0.05) is 0 Å². The van der Waals surface area contributed by atoms with Gasteiger partial charge < -0.3 is 20.3 Å². The molecule has 1 heterocycles. The number of hydrogen-bond donors (Lipinski definition) is 2. The molecule has 198 valence electrons. The number of nitrogens with zero attached hydrogens (tertiary/aromatic N) is 1.